The highest BCUT2D eigenvalue weighted by Gasteiger charge is 2.42. The average molecular weight is 319 g/mol. The number of hydrogen-bond acceptors (Lipinski definition) is 4. The van der Waals surface area contributed by atoms with Crippen LogP contribution in [-0.4, -0.2) is 41.5 Å². The minimum atomic E-state index is -0.714. The molecular weight excluding hydrogens is 298 g/mol. The molecule has 1 aliphatic heterocycles. The van der Waals surface area contributed by atoms with Crippen LogP contribution in [0.1, 0.15) is 31.9 Å². The first-order chi connectivity index (χ1) is 10.9. The van der Waals surface area contributed by atoms with E-state index in [2.05, 4.69) is 0 Å². The highest BCUT2D eigenvalue weighted by Crippen LogP contribution is 2.36. The smallest absolute Gasteiger partial charge is 0.324 e. The van der Waals surface area contributed by atoms with Crippen molar-refractivity contribution in [1.82, 2.24) is 9.80 Å². The number of amides is 2. The van der Waals surface area contributed by atoms with E-state index in [1.54, 1.807) is 38.2 Å². The molecule has 0 aromatic heterocycles. The van der Waals surface area contributed by atoms with Crippen LogP contribution in [0.3, 0.4) is 0 Å². The summed E-state index contributed by atoms with van der Waals surface area (Å²) in [6, 6.07) is 6.09. The molecular formula is C16H21N3O4. The van der Waals surface area contributed by atoms with Crippen molar-refractivity contribution in [2.24, 2.45) is 0 Å². The summed E-state index contributed by atoms with van der Waals surface area (Å²) < 4.78 is 5.52. The third-order valence-corrected chi connectivity index (χ3v) is 3.97. The Kier molecular flexibility index (Phi) is 4.88. The van der Waals surface area contributed by atoms with E-state index < -0.39 is 11.0 Å². The number of likely N-dealkylation sites (N-methyl/N-ethyl adjacent to an activating group) is 1. The number of rotatable bonds is 5. The molecule has 0 aliphatic carbocycles. The molecule has 1 heterocycles. The van der Waals surface area contributed by atoms with E-state index in [1.165, 1.54) is 16.8 Å². The maximum absolute atomic E-state index is 12.3. The lowest BCUT2D eigenvalue weighted by Gasteiger charge is -2.36. The molecule has 0 N–H and O–H groups in total. The number of carbonyl (C=O) groups is 1. The molecule has 0 radical (unpaired) electrons. The Labute approximate surface area is 135 Å². The van der Waals surface area contributed by atoms with E-state index in [4.69, 9.17) is 4.74 Å². The molecule has 23 heavy (non-hydrogen) atoms. The van der Waals surface area contributed by atoms with Gasteiger partial charge in [-0.05, 0) is 31.0 Å². The molecule has 1 atom stereocenters. The number of hydrogen-bond donors (Lipinski definition) is 0. The van der Waals surface area contributed by atoms with Crippen molar-refractivity contribution < 1.29 is 14.5 Å². The van der Waals surface area contributed by atoms with E-state index in [0.717, 1.165) is 6.42 Å². The normalized spacial score (nSPS) is 18.4. The summed E-state index contributed by atoms with van der Waals surface area (Å²) in [5, 5.41) is 11.5. The maximum Gasteiger partial charge on any atom is 0.324 e. The molecule has 0 saturated heterocycles. The van der Waals surface area contributed by atoms with Crippen LogP contribution in [0, 0.1) is 10.1 Å². The summed E-state index contributed by atoms with van der Waals surface area (Å²) in [6.07, 6.45) is 0.904. The number of nitro groups is 1. The van der Waals surface area contributed by atoms with Gasteiger partial charge in [-0.15, -0.1) is 0 Å². The van der Waals surface area contributed by atoms with Gasteiger partial charge in [-0.25, -0.2) is 4.79 Å². The highest BCUT2D eigenvalue weighted by molar-refractivity contribution is 5.78. The van der Waals surface area contributed by atoms with Crippen LogP contribution in [-0.2, 0) is 0 Å². The average Bonchev–Trinajstić information content (AvgIpc) is 2.54. The standard InChI is InChI=1S/C16H21N3O4/c1-5-10-23-13-8-6-12(7-9-13)15-14(19(21)22)11(2)17(3)16(20)18(15)4/h6-9,15H,5,10H2,1-4H3/t15-/m0/s1. The minimum absolute atomic E-state index is 0.0110. The van der Waals surface area contributed by atoms with Gasteiger partial charge in [0.15, 0.2) is 6.04 Å². The second-order valence-electron chi connectivity index (χ2n) is 5.50. The number of urea groups is 1. The lowest BCUT2D eigenvalue weighted by molar-refractivity contribution is -0.436. The molecule has 1 aromatic carbocycles. The quantitative estimate of drug-likeness (QED) is 0.617. The first-order valence-corrected chi connectivity index (χ1v) is 7.46. The molecule has 1 aromatic rings. The molecule has 0 fully saturated rings. The third kappa shape index (κ3) is 3.13. The monoisotopic (exact) mass is 319 g/mol. The molecule has 1 aliphatic rings. The maximum atomic E-state index is 12.3. The van der Waals surface area contributed by atoms with E-state index in [1.807, 2.05) is 6.92 Å². The number of allylic oxidation sites excluding steroid dienone is 1. The third-order valence-electron chi connectivity index (χ3n) is 3.97. The zero-order valence-electron chi connectivity index (χ0n) is 13.8. The Morgan fingerprint density at radius 3 is 2.39 bits per heavy atom. The summed E-state index contributed by atoms with van der Waals surface area (Å²) in [6.45, 7) is 4.23. The van der Waals surface area contributed by atoms with Gasteiger partial charge in [0, 0.05) is 14.1 Å². The Bertz CT molecular complexity index is 639. The van der Waals surface area contributed by atoms with Gasteiger partial charge in [-0.1, -0.05) is 19.1 Å². The zero-order chi connectivity index (χ0) is 17.1. The number of nitrogens with zero attached hydrogens (tertiary/aromatic N) is 3. The molecule has 124 valence electrons. The van der Waals surface area contributed by atoms with Crippen LogP contribution in [0.5, 0.6) is 5.75 Å². The van der Waals surface area contributed by atoms with Gasteiger partial charge in [-0.3, -0.25) is 15.0 Å². The molecule has 7 heteroatoms. The van der Waals surface area contributed by atoms with Crippen LogP contribution >= 0.6 is 0 Å². The lowest BCUT2D eigenvalue weighted by Crippen LogP contribution is -2.47. The van der Waals surface area contributed by atoms with Crippen molar-refractivity contribution in [3.8, 4) is 5.75 Å². The van der Waals surface area contributed by atoms with Crippen LogP contribution < -0.4 is 4.74 Å². The van der Waals surface area contributed by atoms with Gasteiger partial charge < -0.3 is 9.64 Å². The van der Waals surface area contributed by atoms with Crippen LogP contribution in [0.25, 0.3) is 0 Å². The topological polar surface area (TPSA) is 75.9 Å². The molecule has 2 amide bonds. The SMILES string of the molecule is CCCOc1ccc([C@H]2C([N+](=O)[O-])=C(C)N(C)C(=O)N2C)cc1. The fraction of sp³-hybridized carbons (Fsp3) is 0.438. The van der Waals surface area contributed by atoms with Crippen LogP contribution in [0.4, 0.5) is 4.79 Å². The molecule has 0 unspecified atom stereocenters. The summed E-state index contributed by atoms with van der Waals surface area (Å²) in [5.41, 5.74) is 1.05. The van der Waals surface area contributed by atoms with Crippen molar-refractivity contribution in [3.05, 3.63) is 51.3 Å². The van der Waals surface area contributed by atoms with Gasteiger partial charge in [-0.2, -0.15) is 0 Å². The second-order valence-corrected chi connectivity index (χ2v) is 5.50. The van der Waals surface area contributed by atoms with Crippen molar-refractivity contribution in [1.29, 1.82) is 0 Å². The Balaban J connectivity index is 2.42. The predicted molar refractivity (Wildman–Crippen MR) is 85.6 cm³/mol. The predicted octanol–water partition coefficient (Wildman–Crippen LogP) is 3.02. The number of ether oxygens (including phenoxy) is 1. The van der Waals surface area contributed by atoms with E-state index in [0.29, 0.717) is 23.6 Å². The van der Waals surface area contributed by atoms with Crippen LogP contribution in [0.2, 0.25) is 0 Å². The van der Waals surface area contributed by atoms with Gasteiger partial charge >= 0.3 is 6.03 Å². The van der Waals surface area contributed by atoms with E-state index in [9.17, 15) is 14.9 Å². The van der Waals surface area contributed by atoms with Crippen molar-refractivity contribution >= 4 is 6.03 Å². The highest BCUT2D eigenvalue weighted by atomic mass is 16.6. The van der Waals surface area contributed by atoms with E-state index >= 15 is 0 Å². The van der Waals surface area contributed by atoms with Crippen molar-refractivity contribution in [3.63, 3.8) is 0 Å². The Hall–Kier alpha value is -2.57. The first-order valence-electron chi connectivity index (χ1n) is 7.46. The fourth-order valence-electron chi connectivity index (χ4n) is 2.62. The summed E-state index contributed by atoms with van der Waals surface area (Å²) in [5.74, 6) is 0.709. The molecule has 2 rings (SSSR count). The van der Waals surface area contributed by atoms with Crippen molar-refractivity contribution in [2.45, 2.75) is 26.3 Å². The summed E-state index contributed by atoms with van der Waals surface area (Å²) in [7, 11) is 3.11. The van der Waals surface area contributed by atoms with Gasteiger partial charge in [0.25, 0.3) is 5.70 Å². The summed E-state index contributed by atoms with van der Waals surface area (Å²) in [4.78, 5) is 26.0. The van der Waals surface area contributed by atoms with Gasteiger partial charge in [0.1, 0.15) is 5.75 Å². The molecule has 7 nitrogen and oxygen atoms in total. The van der Waals surface area contributed by atoms with Crippen molar-refractivity contribution in [2.75, 3.05) is 20.7 Å². The van der Waals surface area contributed by atoms with Gasteiger partial charge in [0.05, 0.1) is 17.2 Å². The Morgan fingerprint density at radius 2 is 1.87 bits per heavy atom. The molecule has 0 bridgehead atoms. The van der Waals surface area contributed by atoms with Crippen LogP contribution in [0.15, 0.2) is 35.7 Å². The zero-order valence-corrected chi connectivity index (χ0v) is 13.8. The number of carbonyl (C=O) groups excluding carboxylic acids is 1. The minimum Gasteiger partial charge on any atom is -0.494 e. The molecule has 0 saturated carbocycles. The number of benzene rings is 1. The summed E-state index contributed by atoms with van der Waals surface area (Å²) >= 11 is 0. The second kappa shape index (κ2) is 6.68. The first kappa shape index (κ1) is 16.8. The van der Waals surface area contributed by atoms with E-state index in [-0.39, 0.29) is 11.7 Å². The van der Waals surface area contributed by atoms with Gasteiger partial charge in [0.2, 0.25) is 0 Å². The lowest BCUT2D eigenvalue weighted by atomic mass is 9.99. The largest absolute Gasteiger partial charge is 0.494 e. The Morgan fingerprint density at radius 1 is 1.26 bits per heavy atom. The fourth-order valence-corrected chi connectivity index (χ4v) is 2.62. The molecule has 0 spiro atoms.